The van der Waals surface area contributed by atoms with Crippen molar-refractivity contribution in [3.8, 4) is 11.4 Å². The SMILES string of the molecule is COc1cc(/C=C2\N=C(N3CCCCC3)N(C(C)c3ccc(F)cc3)C2=O)ccc1-n1cnc(C)c1. The molecule has 2 aliphatic heterocycles. The zero-order valence-corrected chi connectivity index (χ0v) is 20.8. The molecule has 7 nitrogen and oxygen atoms in total. The molecule has 1 saturated heterocycles. The third-order valence-corrected chi connectivity index (χ3v) is 6.75. The zero-order valence-electron chi connectivity index (χ0n) is 20.8. The standard InChI is InChI=1S/C28H30FN5O2/c1-19-17-33(18-30-19)25-12-7-21(16-26(25)36-3)15-24-27(35)34(20(2)22-8-10-23(29)11-9-22)28(31-24)32-13-5-4-6-14-32/h7-12,15-18,20H,4-6,13-14H2,1-3H3/b24-15-. The lowest BCUT2D eigenvalue weighted by Gasteiger charge is -2.35. The number of likely N-dealkylation sites (tertiary alicyclic amines) is 1. The highest BCUT2D eigenvalue weighted by Crippen LogP contribution is 2.32. The van der Waals surface area contributed by atoms with Crippen LogP contribution in [0, 0.1) is 12.7 Å². The van der Waals surface area contributed by atoms with E-state index in [4.69, 9.17) is 9.73 Å². The molecular weight excluding hydrogens is 457 g/mol. The number of aliphatic imine (C=N–C) groups is 1. The van der Waals surface area contributed by atoms with Gasteiger partial charge in [-0.15, -0.1) is 0 Å². The molecule has 1 atom stereocenters. The van der Waals surface area contributed by atoms with Crippen LogP contribution in [0.1, 0.15) is 49.0 Å². The molecule has 1 amide bonds. The Labute approximate surface area is 210 Å². The molecule has 1 aromatic heterocycles. The van der Waals surface area contributed by atoms with Crippen LogP contribution in [0.2, 0.25) is 0 Å². The largest absolute Gasteiger partial charge is 0.495 e. The van der Waals surface area contributed by atoms with Crippen molar-refractivity contribution < 1.29 is 13.9 Å². The molecule has 1 unspecified atom stereocenters. The number of piperidine rings is 1. The fourth-order valence-electron chi connectivity index (χ4n) is 4.78. The van der Waals surface area contributed by atoms with E-state index in [2.05, 4.69) is 9.88 Å². The van der Waals surface area contributed by atoms with Crippen molar-refractivity contribution in [2.24, 2.45) is 4.99 Å². The first-order chi connectivity index (χ1) is 17.4. The van der Waals surface area contributed by atoms with Crippen LogP contribution < -0.4 is 4.74 Å². The van der Waals surface area contributed by atoms with E-state index in [9.17, 15) is 9.18 Å². The second-order valence-electron chi connectivity index (χ2n) is 9.25. The van der Waals surface area contributed by atoms with E-state index in [-0.39, 0.29) is 17.8 Å². The van der Waals surface area contributed by atoms with Crippen LogP contribution in [0.15, 0.2) is 65.7 Å². The number of halogens is 1. The van der Waals surface area contributed by atoms with Crippen LogP contribution in [-0.2, 0) is 4.79 Å². The van der Waals surface area contributed by atoms with E-state index in [1.165, 1.54) is 18.6 Å². The summed E-state index contributed by atoms with van der Waals surface area (Å²) in [6, 6.07) is 11.8. The molecule has 0 bridgehead atoms. The number of carbonyl (C=O) groups is 1. The minimum absolute atomic E-state index is 0.166. The molecule has 2 aliphatic rings. The predicted octanol–water partition coefficient (Wildman–Crippen LogP) is 5.11. The summed E-state index contributed by atoms with van der Waals surface area (Å²) in [5, 5.41) is 0. The highest BCUT2D eigenvalue weighted by molar-refractivity contribution is 6.14. The number of carbonyl (C=O) groups excluding carboxylic acids is 1. The smallest absolute Gasteiger partial charge is 0.279 e. The van der Waals surface area contributed by atoms with Gasteiger partial charge in [0.2, 0.25) is 5.96 Å². The van der Waals surface area contributed by atoms with Crippen LogP contribution in [0.4, 0.5) is 4.39 Å². The minimum atomic E-state index is -0.299. The highest BCUT2D eigenvalue weighted by Gasteiger charge is 2.37. The quantitative estimate of drug-likeness (QED) is 0.469. The molecule has 3 heterocycles. The number of rotatable bonds is 5. The normalized spacial score (nSPS) is 18.1. The number of guanidine groups is 1. The van der Waals surface area contributed by atoms with Crippen molar-refractivity contribution in [1.29, 1.82) is 0 Å². The van der Waals surface area contributed by atoms with Gasteiger partial charge in [0, 0.05) is 19.3 Å². The molecule has 8 heteroatoms. The lowest BCUT2D eigenvalue weighted by atomic mass is 10.1. The van der Waals surface area contributed by atoms with E-state index >= 15 is 0 Å². The van der Waals surface area contributed by atoms with E-state index in [0.717, 1.165) is 48.4 Å². The van der Waals surface area contributed by atoms with E-state index in [1.807, 2.05) is 42.8 Å². The molecule has 1 fully saturated rings. The number of aryl methyl sites for hydroxylation is 1. The highest BCUT2D eigenvalue weighted by atomic mass is 19.1. The first-order valence-electron chi connectivity index (χ1n) is 12.3. The third kappa shape index (κ3) is 4.63. The molecule has 36 heavy (non-hydrogen) atoms. The summed E-state index contributed by atoms with van der Waals surface area (Å²) in [4.78, 5) is 26.7. The van der Waals surface area contributed by atoms with Gasteiger partial charge >= 0.3 is 0 Å². The summed E-state index contributed by atoms with van der Waals surface area (Å²) in [5.74, 6) is 0.873. The minimum Gasteiger partial charge on any atom is -0.495 e. The molecule has 0 spiro atoms. The Bertz CT molecular complexity index is 1320. The number of benzene rings is 2. The maximum Gasteiger partial charge on any atom is 0.279 e. The first kappa shape index (κ1) is 23.8. The molecule has 2 aromatic carbocycles. The third-order valence-electron chi connectivity index (χ3n) is 6.75. The summed E-state index contributed by atoms with van der Waals surface area (Å²) < 4.78 is 21.1. The average Bonchev–Trinajstić information content (AvgIpc) is 3.47. The molecule has 5 rings (SSSR count). The van der Waals surface area contributed by atoms with Crippen LogP contribution in [0.5, 0.6) is 5.75 Å². The molecule has 3 aromatic rings. The Hall–Kier alpha value is -3.94. The fraction of sp³-hybridized carbons (Fsp3) is 0.321. The molecule has 0 radical (unpaired) electrons. The Balaban J connectivity index is 1.50. The number of imidazole rings is 1. The van der Waals surface area contributed by atoms with Crippen LogP contribution in [-0.4, -0.2) is 51.4 Å². The van der Waals surface area contributed by atoms with Gasteiger partial charge in [-0.3, -0.25) is 9.69 Å². The van der Waals surface area contributed by atoms with Gasteiger partial charge in [-0.2, -0.15) is 0 Å². The Morgan fingerprint density at radius 2 is 1.83 bits per heavy atom. The number of hydrogen-bond donors (Lipinski definition) is 0. The second-order valence-corrected chi connectivity index (χ2v) is 9.25. The molecule has 0 aliphatic carbocycles. The number of aromatic nitrogens is 2. The number of hydrogen-bond acceptors (Lipinski definition) is 5. The Morgan fingerprint density at radius 3 is 2.50 bits per heavy atom. The molecule has 0 N–H and O–H groups in total. The van der Waals surface area contributed by atoms with E-state index in [0.29, 0.717) is 17.4 Å². The van der Waals surface area contributed by atoms with E-state index < -0.39 is 0 Å². The maximum atomic E-state index is 13.7. The molecule has 186 valence electrons. The second kappa shape index (κ2) is 9.97. The first-order valence-corrected chi connectivity index (χ1v) is 12.3. The van der Waals surface area contributed by atoms with Gasteiger partial charge in [-0.05, 0) is 74.6 Å². The summed E-state index contributed by atoms with van der Waals surface area (Å²) in [5.41, 5.74) is 3.82. The van der Waals surface area contributed by atoms with E-state index in [1.54, 1.807) is 36.5 Å². The predicted molar refractivity (Wildman–Crippen MR) is 137 cm³/mol. The van der Waals surface area contributed by atoms with Gasteiger partial charge in [-0.25, -0.2) is 14.4 Å². The van der Waals surface area contributed by atoms with Crippen LogP contribution in [0.3, 0.4) is 0 Å². The van der Waals surface area contributed by atoms with Gasteiger partial charge in [0.1, 0.15) is 17.3 Å². The summed E-state index contributed by atoms with van der Waals surface area (Å²) in [6.07, 6.45) is 8.79. The van der Waals surface area contributed by atoms with Gasteiger partial charge in [-0.1, -0.05) is 18.2 Å². The van der Waals surface area contributed by atoms with Gasteiger partial charge in [0.05, 0.1) is 30.9 Å². The number of methoxy groups -OCH3 is 1. The van der Waals surface area contributed by atoms with Crippen molar-refractivity contribution in [3.63, 3.8) is 0 Å². The number of amides is 1. The van der Waals surface area contributed by atoms with Gasteiger partial charge < -0.3 is 14.2 Å². The van der Waals surface area contributed by atoms with Crippen molar-refractivity contribution in [2.45, 2.75) is 39.2 Å². The van der Waals surface area contributed by atoms with Crippen LogP contribution in [0.25, 0.3) is 11.8 Å². The van der Waals surface area contributed by atoms with Gasteiger partial charge in [0.15, 0.2) is 0 Å². The number of nitrogens with zero attached hydrogens (tertiary/aromatic N) is 5. The fourth-order valence-corrected chi connectivity index (χ4v) is 4.78. The summed E-state index contributed by atoms with van der Waals surface area (Å²) in [6.45, 7) is 5.61. The van der Waals surface area contributed by atoms with Crippen molar-refractivity contribution >= 4 is 17.9 Å². The summed E-state index contributed by atoms with van der Waals surface area (Å²) in [7, 11) is 1.62. The Kier molecular flexibility index (Phi) is 6.59. The average molecular weight is 488 g/mol. The maximum absolute atomic E-state index is 13.7. The molecular formula is C28H30FN5O2. The lowest BCUT2D eigenvalue weighted by Crippen LogP contribution is -2.46. The summed E-state index contributed by atoms with van der Waals surface area (Å²) >= 11 is 0. The monoisotopic (exact) mass is 487 g/mol. The molecule has 0 saturated carbocycles. The van der Waals surface area contributed by atoms with Crippen LogP contribution >= 0.6 is 0 Å². The van der Waals surface area contributed by atoms with Gasteiger partial charge in [0.25, 0.3) is 5.91 Å². The lowest BCUT2D eigenvalue weighted by molar-refractivity contribution is -0.124. The van der Waals surface area contributed by atoms with Crippen molar-refractivity contribution in [1.82, 2.24) is 19.4 Å². The number of ether oxygens (including phenoxy) is 1. The topological polar surface area (TPSA) is 63.0 Å². The van der Waals surface area contributed by atoms with Crippen molar-refractivity contribution in [2.75, 3.05) is 20.2 Å². The Morgan fingerprint density at radius 1 is 1.08 bits per heavy atom. The van der Waals surface area contributed by atoms with Crippen molar-refractivity contribution in [3.05, 3.63) is 83.3 Å². The zero-order chi connectivity index (χ0) is 25.2.